The fourth-order valence-corrected chi connectivity index (χ4v) is 3.05. The fraction of sp³-hybridized carbons (Fsp3) is 0.150. The van der Waals surface area contributed by atoms with E-state index in [1.165, 1.54) is 0 Å². The molecule has 26 heavy (non-hydrogen) atoms. The van der Waals surface area contributed by atoms with Gasteiger partial charge in [-0.3, -0.25) is 9.67 Å². The molecule has 4 aromatic rings. The number of nitrogens with one attached hydrogen (secondary N) is 1. The normalized spacial score (nSPS) is 10.5. The maximum absolute atomic E-state index is 4.56. The van der Waals surface area contributed by atoms with Crippen LogP contribution in [0.25, 0.3) is 16.9 Å². The van der Waals surface area contributed by atoms with Crippen LogP contribution in [0, 0.1) is 13.8 Å². The molecule has 0 spiro atoms. The Morgan fingerprint density at radius 2 is 1.85 bits per heavy atom. The first-order valence-electron chi connectivity index (χ1n) is 8.31. The summed E-state index contributed by atoms with van der Waals surface area (Å²) >= 11 is 0. The molecule has 3 aromatic heterocycles. The van der Waals surface area contributed by atoms with E-state index in [1.54, 1.807) is 6.20 Å². The highest BCUT2D eigenvalue weighted by Gasteiger charge is 2.21. The second-order valence-electron chi connectivity index (χ2n) is 6.16. The molecule has 0 aliphatic heterocycles. The largest absolute Gasteiger partial charge is 1.00 e. The Balaban J connectivity index is 0.00000196. The molecule has 6 heteroatoms. The first kappa shape index (κ1) is 17.9. The van der Waals surface area contributed by atoms with Gasteiger partial charge in [0.1, 0.15) is 5.69 Å². The van der Waals surface area contributed by atoms with Crippen molar-refractivity contribution in [2.24, 2.45) is 0 Å². The number of benzene rings is 1. The maximum Gasteiger partial charge on any atom is 0.246 e. The lowest BCUT2D eigenvalue weighted by molar-refractivity contribution is -0.645. The molecule has 0 atom stereocenters. The molecule has 0 fully saturated rings. The third kappa shape index (κ3) is 3.53. The van der Waals surface area contributed by atoms with E-state index in [9.17, 15) is 0 Å². The number of H-pyrrole nitrogens is 1. The van der Waals surface area contributed by atoms with E-state index in [1.807, 2.05) is 42.1 Å². The number of halogens is 1. The van der Waals surface area contributed by atoms with Crippen LogP contribution in [0.1, 0.15) is 17.1 Å². The second kappa shape index (κ2) is 7.54. The zero-order valence-corrected chi connectivity index (χ0v) is 15.5. The molecule has 0 radical (unpaired) electrons. The van der Waals surface area contributed by atoms with Gasteiger partial charge in [-0.15, -0.1) is 0 Å². The maximum atomic E-state index is 4.56. The second-order valence-corrected chi connectivity index (χ2v) is 6.16. The Labute approximate surface area is 158 Å². The van der Waals surface area contributed by atoms with Gasteiger partial charge in [-0.25, -0.2) is 0 Å². The lowest BCUT2D eigenvalue weighted by atomic mass is 10.2. The Kier molecular flexibility index (Phi) is 5.19. The highest BCUT2D eigenvalue weighted by atomic mass is 35.5. The van der Waals surface area contributed by atoms with Crippen molar-refractivity contribution >= 4 is 0 Å². The van der Waals surface area contributed by atoms with Crippen molar-refractivity contribution in [3.05, 3.63) is 84.1 Å². The minimum atomic E-state index is 0. The fourth-order valence-electron chi connectivity index (χ4n) is 3.05. The molecule has 0 saturated carbocycles. The van der Waals surface area contributed by atoms with Gasteiger partial charge in [0, 0.05) is 36.3 Å². The monoisotopic (exact) mass is 365 g/mol. The van der Waals surface area contributed by atoms with Gasteiger partial charge in [-0.2, -0.15) is 10.2 Å². The van der Waals surface area contributed by atoms with Gasteiger partial charge < -0.3 is 12.4 Å². The summed E-state index contributed by atoms with van der Waals surface area (Å²) in [5, 5.41) is 8.07. The van der Waals surface area contributed by atoms with E-state index in [-0.39, 0.29) is 12.4 Å². The quantitative estimate of drug-likeness (QED) is 0.526. The summed E-state index contributed by atoms with van der Waals surface area (Å²) in [7, 11) is 0. The van der Waals surface area contributed by atoms with E-state index in [0.29, 0.717) is 6.54 Å². The number of para-hydroxylation sites is 1. The molecular formula is C20H20ClN5. The summed E-state index contributed by atoms with van der Waals surface area (Å²) in [6.07, 6.45) is 3.68. The summed E-state index contributed by atoms with van der Waals surface area (Å²) < 4.78 is 4.11. The summed E-state index contributed by atoms with van der Waals surface area (Å²) in [5.41, 5.74) is 6.52. The van der Waals surface area contributed by atoms with Crippen LogP contribution >= 0.6 is 0 Å². The predicted octanol–water partition coefficient (Wildman–Crippen LogP) is 0.219. The third-order valence-electron chi connectivity index (χ3n) is 4.20. The Hall–Kier alpha value is -2.92. The van der Waals surface area contributed by atoms with Gasteiger partial charge >= 0.3 is 0 Å². The van der Waals surface area contributed by atoms with Crippen LogP contribution in [-0.2, 0) is 6.54 Å². The smallest absolute Gasteiger partial charge is 0.246 e. The number of rotatable bonds is 4. The molecule has 132 valence electrons. The van der Waals surface area contributed by atoms with Crippen molar-refractivity contribution in [3.63, 3.8) is 0 Å². The predicted molar refractivity (Wildman–Crippen MR) is 96.4 cm³/mol. The topological polar surface area (TPSA) is 50.4 Å². The minimum Gasteiger partial charge on any atom is -1.00 e. The third-order valence-corrected chi connectivity index (χ3v) is 4.20. The van der Waals surface area contributed by atoms with Crippen molar-refractivity contribution in [1.29, 1.82) is 0 Å². The van der Waals surface area contributed by atoms with Crippen LogP contribution in [0.15, 0.2) is 67.0 Å². The van der Waals surface area contributed by atoms with E-state index >= 15 is 0 Å². The lowest BCUT2D eigenvalue weighted by Gasteiger charge is -2.00. The number of nitrogens with zero attached hydrogens (tertiary/aromatic N) is 4. The molecule has 1 aromatic carbocycles. The van der Waals surface area contributed by atoms with Crippen molar-refractivity contribution in [2.75, 3.05) is 0 Å². The number of aromatic nitrogens is 5. The summed E-state index contributed by atoms with van der Waals surface area (Å²) in [6.45, 7) is 4.80. The number of hydrogen-bond acceptors (Lipinski definition) is 2. The zero-order valence-electron chi connectivity index (χ0n) is 14.7. The van der Waals surface area contributed by atoms with Gasteiger partial charge in [-0.05, 0) is 32.0 Å². The summed E-state index contributed by atoms with van der Waals surface area (Å²) in [6, 6.07) is 18.6. The molecule has 1 N–H and O–H groups in total. The highest BCUT2D eigenvalue weighted by Crippen LogP contribution is 2.18. The highest BCUT2D eigenvalue weighted by molar-refractivity contribution is 5.55. The lowest BCUT2D eigenvalue weighted by Crippen LogP contribution is -3.00. The van der Waals surface area contributed by atoms with Crippen molar-refractivity contribution in [2.45, 2.75) is 20.4 Å². The van der Waals surface area contributed by atoms with Gasteiger partial charge in [-0.1, -0.05) is 22.9 Å². The molecule has 0 bridgehead atoms. The molecule has 3 heterocycles. The van der Waals surface area contributed by atoms with Crippen LogP contribution < -0.4 is 17.1 Å². The Morgan fingerprint density at radius 3 is 2.50 bits per heavy atom. The van der Waals surface area contributed by atoms with Crippen molar-refractivity contribution < 1.29 is 17.1 Å². The standard InChI is InChI=1S/C20H19N5.ClH/c1-15-11-16(2)24(22-15)14-18-12-20(17-7-6-10-21-13-17)25(23-18)19-8-4-3-5-9-19;/h3-13H,14H2,1-2H3;1H. The van der Waals surface area contributed by atoms with Gasteiger partial charge in [0.25, 0.3) is 0 Å². The molecule has 0 aliphatic rings. The van der Waals surface area contributed by atoms with Crippen LogP contribution in [0.3, 0.4) is 0 Å². The van der Waals surface area contributed by atoms with E-state index < -0.39 is 0 Å². The first-order chi connectivity index (χ1) is 12.2. The SMILES string of the molecule is Cc1cc(C)n(Cc2cc(-c3cccnc3)[n+](-c3ccccc3)[nH]2)n1.[Cl-]. The van der Waals surface area contributed by atoms with E-state index in [2.05, 4.69) is 57.1 Å². The van der Waals surface area contributed by atoms with Crippen molar-refractivity contribution in [3.8, 4) is 16.9 Å². The number of aromatic amines is 1. The number of aryl methyl sites for hydroxylation is 2. The first-order valence-corrected chi connectivity index (χ1v) is 8.31. The van der Waals surface area contributed by atoms with Crippen LogP contribution in [0.5, 0.6) is 0 Å². The van der Waals surface area contributed by atoms with Crippen LogP contribution in [0.4, 0.5) is 0 Å². The molecule has 4 rings (SSSR count). The van der Waals surface area contributed by atoms with Crippen LogP contribution in [-0.4, -0.2) is 19.9 Å². The van der Waals surface area contributed by atoms with Gasteiger partial charge in [0.05, 0.1) is 17.8 Å². The molecule has 0 unspecified atom stereocenters. The van der Waals surface area contributed by atoms with Crippen LogP contribution in [0.2, 0.25) is 0 Å². The molecule has 0 aliphatic carbocycles. The Morgan fingerprint density at radius 1 is 1.04 bits per heavy atom. The molecule has 0 saturated heterocycles. The van der Waals surface area contributed by atoms with Gasteiger partial charge in [0.2, 0.25) is 11.4 Å². The summed E-state index contributed by atoms with van der Waals surface area (Å²) in [5.74, 6) is 0. The van der Waals surface area contributed by atoms with E-state index in [0.717, 1.165) is 34.0 Å². The van der Waals surface area contributed by atoms with Gasteiger partial charge in [0.15, 0.2) is 0 Å². The Bertz CT molecular complexity index is 933. The van der Waals surface area contributed by atoms with E-state index in [4.69, 9.17) is 0 Å². The average molecular weight is 366 g/mol. The number of hydrogen-bond donors (Lipinski definition) is 1. The minimum absolute atomic E-state index is 0. The van der Waals surface area contributed by atoms with Crippen molar-refractivity contribution in [1.82, 2.24) is 19.9 Å². The summed E-state index contributed by atoms with van der Waals surface area (Å²) in [4.78, 5) is 4.26. The average Bonchev–Trinajstić information content (AvgIpc) is 3.20. The molecular weight excluding hydrogens is 346 g/mol. The molecule has 5 nitrogen and oxygen atoms in total. The zero-order chi connectivity index (χ0) is 17.2. The molecule has 0 amide bonds. The number of pyridine rings is 1.